The lowest BCUT2D eigenvalue weighted by molar-refractivity contribution is 0.641. The lowest BCUT2D eigenvalue weighted by Gasteiger charge is -2.26. The SMILES string of the molecule is Cc1ccc(-c2ccc(-c3cccc(-c4ccc(C(C)(C)c5ccccc5)cc4)c3)cn2)c(C)n1. The summed E-state index contributed by atoms with van der Waals surface area (Å²) in [4.78, 5) is 9.32. The number of hydrogen-bond acceptors (Lipinski definition) is 2. The van der Waals surface area contributed by atoms with Gasteiger partial charge in [0.2, 0.25) is 0 Å². The van der Waals surface area contributed by atoms with Gasteiger partial charge in [-0.05, 0) is 65.9 Å². The summed E-state index contributed by atoms with van der Waals surface area (Å²) in [5.74, 6) is 0. The van der Waals surface area contributed by atoms with Crippen molar-refractivity contribution in [1.82, 2.24) is 9.97 Å². The van der Waals surface area contributed by atoms with Crippen molar-refractivity contribution in [1.29, 1.82) is 0 Å². The standard InChI is InChI=1S/C33H30N2/c1-23-13-19-31(24(2)35-23)32-20-16-28(22-34-32)27-10-8-9-26(21-27)25-14-17-30(18-15-25)33(3,4)29-11-6-5-7-12-29/h5-22H,1-4H3. The van der Waals surface area contributed by atoms with E-state index < -0.39 is 0 Å². The lowest BCUT2D eigenvalue weighted by Crippen LogP contribution is -2.18. The molecule has 2 aromatic heterocycles. The minimum absolute atomic E-state index is 0.0413. The van der Waals surface area contributed by atoms with Gasteiger partial charge in [-0.15, -0.1) is 0 Å². The summed E-state index contributed by atoms with van der Waals surface area (Å²) in [6.07, 6.45) is 1.96. The molecule has 0 N–H and O–H groups in total. The molecule has 0 aliphatic rings. The van der Waals surface area contributed by atoms with Gasteiger partial charge < -0.3 is 0 Å². The molecule has 3 aromatic carbocycles. The van der Waals surface area contributed by atoms with Gasteiger partial charge in [0.1, 0.15) is 0 Å². The van der Waals surface area contributed by atoms with Crippen molar-refractivity contribution in [2.75, 3.05) is 0 Å². The summed E-state index contributed by atoms with van der Waals surface area (Å²) < 4.78 is 0. The third kappa shape index (κ3) is 4.65. The Labute approximate surface area is 208 Å². The van der Waals surface area contributed by atoms with Crippen LogP contribution in [0.15, 0.2) is 109 Å². The van der Waals surface area contributed by atoms with Crippen LogP contribution >= 0.6 is 0 Å². The van der Waals surface area contributed by atoms with Gasteiger partial charge >= 0.3 is 0 Å². The summed E-state index contributed by atoms with van der Waals surface area (Å²) >= 11 is 0. The largest absolute Gasteiger partial charge is 0.258 e. The minimum atomic E-state index is -0.0413. The van der Waals surface area contributed by atoms with Gasteiger partial charge in [0.15, 0.2) is 0 Å². The van der Waals surface area contributed by atoms with Crippen molar-refractivity contribution in [3.8, 4) is 33.5 Å². The molecule has 0 saturated heterocycles. The Hall–Kier alpha value is -4.04. The second-order valence-electron chi connectivity index (χ2n) is 9.67. The molecule has 0 spiro atoms. The van der Waals surface area contributed by atoms with E-state index in [-0.39, 0.29) is 5.41 Å². The van der Waals surface area contributed by atoms with E-state index in [0.717, 1.165) is 33.8 Å². The molecule has 2 nitrogen and oxygen atoms in total. The first kappa shape index (κ1) is 22.7. The Bertz CT molecular complexity index is 1450. The Kier molecular flexibility index (Phi) is 6.05. The first-order valence-corrected chi connectivity index (χ1v) is 12.1. The predicted octanol–water partition coefficient (Wildman–Crippen LogP) is 8.42. The molecule has 0 saturated carbocycles. The molecule has 35 heavy (non-hydrogen) atoms. The van der Waals surface area contributed by atoms with Crippen molar-refractivity contribution in [2.24, 2.45) is 0 Å². The maximum atomic E-state index is 4.75. The van der Waals surface area contributed by atoms with Crippen LogP contribution in [-0.2, 0) is 5.41 Å². The van der Waals surface area contributed by atoms with Gasteiger partial charge in [-0.3, -0.25) is 9.97 Å². The van der Waals surface area contributed by atoms with Crippen LogP contribution in [0.2, 0.25) is 0 Å². The number of aromatic nitrogens is 2. The van der Waals surface area contributed by atoms with Crippen LogP contribution in [0.25, 0.3) is 33.5 Å². The zero-order chi connectivity index (χ0) is 24.4. The number of nitrogens with zero attached hydrogens (tertiary/aromatic N) is 2. The molecular formula is C33H30N2. The molecule has 5 aromatic rings. The molecule has 0 radical (unpaired) electrons. The van der Waals surface area contributed by atoms with E-state index in [1.165, 1.54) is 22.3 Å². The molecule has 0 bridgehead atoms. The van der Waals surface area contributed by atoms with E-state index >= 15 is 0 Å². The van der Waals surface area contributed by atoms with E-state index in [2.05, 4.69) is 116 Å². The van der Waals surface area contributed by atoms with Crippen molar-refractivity contribution in [3.05, 3.63) is 132 Å². The summed E-state index contributed by atoms with van der Waals surface area (Å²) in [7, 11) is 0. The number of aryl methyl sites for hydroxylation is 2. The molecule has 0 amide bonds. The van der Waals surface area contributed by atoms with E-state index in [1.807, 2.05) is 26.1 Å². The molecule has 0 aliphatic carbocycles. The fraction of sp³-hybridized carbons (Fsp3) is 0.152. The summed E-state index contributed by atoms with van der Waals surface area (Å²) in [6.45, 7) is 8.61. The highest BCUT2D eigenvalue weighted by molar-refractivity contribution is 5.74. The van der Waals surface area contributed by atoms with E-state index in [9.17, 15) is 0 Å². The van der Waals surface area contributed by atoms with E-state index in [4.69, 9.17) is 4.98 Å². The number of hydrogen-bond donors (Lipinski definition) is 0. The van der Waals surface area contributed by atoms with Gasteiger partial charge in [0, 0.05) is 34.1 Å². The van der Waals surface area contributed by atoms with Crippen molar-refractivity contribution < 1.29 is 0 Å². The van der Waals surface area contributed by atoms with Crippen LogP contribution in [-0.4, -0.2) is 9.97 Å². The smallest absolute Gasteiger partial charge is 0.0720 e. The zero-order valence-electron chi connectivity index (χ0n) is 20.8. The lowest BCUT2D eigenvalue weighted by atomic mass is 9.78. The van der Waals surface area contributed by atoms with Crippen LogP contribution in [0.5, 0.6) is 0 Å². The van der Waals surface area contributed by atoms with E-state index in [0.29, 0.717) is 0 Å². The quantitative estimate of drug-likeness (QED) is 0.266. The summed E-state index contributed by atoms with van der Waals surface area (Å²) in [5.41, 5.74) is 11.3. The highest BCUT2D eigenvalue weighted by Crippen LogP contribution is 2.33. The second kappa shape index (κ2) is 9.31. The van der Waals surface area contributed by atoms with Crippen LogP contribution < -0.4 is 0 Å². The molecule has 172 valence electrons. The molecule has 2 heterocycles. The highest BCUT2D eigenvalue weighted by atomic mass is 14.7. The zero-order valence-corrected chi connectivity index (χ0v) is 20.8. The van der Waals surface area contributed by atoms with Gasteiger partial charge in [-0.1, -0.05) is 92.7 Å². The minimum Gasteiger partial charge on any atom is -0.258 e. The molecule has 0 aliphatic heterocycles. The Morgan fingerprint density at radius 1 is 0.571 bits per heavy atom. The summed E-state index contributed by atoms with van der Waals surface area (Å²) in [5, 5.41) is 0. The van der Waals surface area contributed by atoms with Crippen LogP contribution in [0.1, 0.15) is 36.4 Å². The van der Waals surface area contributed by atoms with E-state index in [1.54, 1.807) is 0 Å². The average Bonchev–Trinajstić information content (AvgIpc) is 2.89. The maximum Gasteiger partial charge on any atom is 0.0720 e. The number of benzene rings is 3. The highest BCUT2D eigenvalue weighted by Gasteiger charge is 2.22. The fourth-order valence-corrected chi connectivity index (χ4v) is 4.66. The predicted molar refractivity (Wildman–Crippen MR) is 146 cm³/mol. The molecule has 5 rings (SSSR count). The van der Waals surface area contributed by atoms with Gasteiger partial charge in [-0.2, -0.15) is 0 Å². The van der Waals surface area contributed by atoms with Crippen LogP contribution in [0.3, 0.4) is 0 Å². The average molecular weight is 455 g/mol. The Morgan fingerprint density at radius 3 is 1.89 bits per heavy atom. The van der Waals surface area contributed by atoms with Gasteiger partial charge in [-0.25, -0.2) is 0 Å². The topological polar surface area (TPSA) is 25.8 Å². The second-order valence-corrected chi connectivity index (χ2v) is 9.67. The van der Waals surface area contributed by atoms with Gasteiger partial charge in [0.05, 0.1) is 5.69 Å². The van der Waals surface area contributed by atoms with Crippen LogP contribution in [0.4, 0.5) is 0 Å². The first-order chi connectivity index (χ1) is 16.9. The molecule has 0 unspecified atom stereocenters. The van der Waals surface area contributed by atoms with Crippen molar-refractivity contribution in [2.45, 2.75) is 33.1 Å². The monoisotopic (exact) mass is 454 g/mol. The third-order valence-corrected chi connectivity index (χ3v) is 6.90. The maximum absolute atomic E-state index is 4.75. The molecular weight excluding hydrogens is 424 g/mol. The first-order valence-electron chi connectivity index (χ1n) is 12.1. The Morgan fingerprint density at radius 2 is 1.23 bits per heavy atom. The third-order valence-electron chi connectivity index (χ3n) is 6.90. The van der Waals surface area contributed by atoms with Gasteiger partial charge in [0.25, 0.3) is 0 Å². The summed E-state index contributed by atoms with van der Waals surface area (Å²) in [6, 6.07) is 36.7. The number of rotatable bonds is 5. The molecule has 0 fully saturated rings. The normalized spacial score (nSPS) is 11.4. The molecule has 0 atom stereocenters. The molecule has 2 heteroatoms. The van der Waals surface area contributed by atoms with Crippen molar-refractivity contribution >= 4 is 0 Å². The fourth-order valence-electron chi connectivity index (χ4n) is 4.66. The number of pyridine rings is 2. The van der Waals surface area contributed by atoms with Crippen LogP contribution in [0, 0.1) is 13.8 Å². The Balaban J connectivity index is 1.40. The van der Waals surface area contributed by atoms with Crippen molar-refractivity contribution in [3.63, 3.8) is 0 Å².